The zero-order valence-electron chi connectivity index (χ0n) is 13.5. The molecule has 0 aliphatic carbocycles. The second-order valence-electron chi connectivity index (χ2n) is 5.84. The molecular weight excluding hydrogens is 326 g/mol. The van der Waals surface area contributed by atoms with Gasteiger partial charge in [0.1, 0.15) is 16.8 Å². The van der Waals surface area contributed by atoms with E-state index in [2.05, 4.69) is 11.4 Å². The van der Waals surface area contributed by atoms with E-state index in [9.17, 15) is 14.9 Å². The molecule has 0 saturated carbocycles. The molecule has 6 nitrogen and oxygen atoms in total. The molecule has 1 saturated heterocycles. The van der Waals surface area contributed by atoms with E-state index in [0.717, 1.165) is 10.4 Å². The van der Waals surface area contributed by atoms with Crippen molar-refractivity contribution in [1.29, 1.82) is 5.26 Å². The lowest BCUT2D eigenvalue weighted by Gasteiger charge is -2.14. The number of hydrogen-bond donors (Lipinski definition) is 1. The number of rotatable bonds is 4. The maximum absolute atomic E-state index is 12.5. The Kier molecular flexibility index (Phi) is 4.40. The average Bonchev–Trinajstić information content (AvgIpc) is 3.23. The van der Waals surface area contributed by atoms with Crippen LogP contribution < -0.4 is 5.32 Å². The number of carbonyl (C=O) groups excluding carboxylic acids is 2. The Balaban J connectivity index is 1.67. The molecular formula is C17H17N3O3S. The number of thiophene rings is 1. The van der Waals surface area contributed by atoms with Crippen LogP contribution in [0.15, 0.2) is 22.8 Å². The number of amides is 2. The van der Waals surface area contributed by atoms with Crippen LogP contribution in [-0.2, 0) is 16.1 Å². The van der Waals surface area contributed by atoms with Crippen LogP contribution in [0.5, 0.6) is 0 Å². The monoisotopic (exact) mass is 343 g/mol. The molecule has 1 aliphatic rings. The maximum Gasteiger partial charge on any atom is 0.230 e. The van der Waals surface area contributed by atoms with Crippen LogP contribution in [0.3, 0.4) is 0 Å². The van der Waals surface area contributed by atoms with Gasteiger partial charge in [0.05, 0.1) is 24.3 Å². The number of furan rings is 1. The second-order valence-corrected chi connectivity index (χ2v) is 7.07. The Morgan fingerprint density at radius 2 is 2.33 bits per heavy atom. The highest BCUT2D eigenvalue weighted by molar-refractivity contribution is 7.16. The van der Waals surface area contributed by atoms with Gasteiger partial charge in [-0.3, -0.25) is 9.59 Å². The zero-order valence-corrected chi connectivity index (χ0v) is 14.3. The molecule has 0 bridgehead atoms. The molecule has 3 rings (SSSR count). The van der Waals surface area contributed by atoms with Crippen LogP contribution in [0, 0.1) is 31.1 Å². The summed E-state index contributed by atoms with van der Waals surface area (Å²) in [6.45, 7) is 4.51. The molecule has 124 valence electrons. The number of carbonyl (C=O) groups is 2. The minimum atomic E-state index is -0.415. The minimum Gasteiger partial charge on any atom is -0.467 e. The number of hydrogen-bond acceptors (Lipinski definition) is 5. The normalized spacial score (nSPS) is 17.1. The minimum absolute atomic E-state index is 0.0643. The third-order valence-electron chi connectivity index (χ3n) is 4.25. The number of nitrogens with one attached hydrogen (secondary N) is 1. The first-order valence-corrected chi connectivity index (χ1v) is 8.42. The fraction of sp³-hybridized carbons (Fsp3) is 0.353. The van der Waals surface area contributed by atoms with Crippen molar-refractivity contribution in [3.05, 3.63) is 40.2 Å². The third kappa shape index (κ3) is 3.05. The molecule has 7 heteroatoms. The van der Waals surface area contributed by atoms with Crippen LogP contribution in [0.2, 0.25) is 0 Å². The van der Waals surface area contributed by atoms with Crippen molar-refractivity contribution < 1.29 is 14.0 Å². The molecule has 1 fully saturated rings. The molecule has 1 aliphatic heterocycles. The van der Waals surface area contributed by atoms with E-state index in [1.807, 2.05) is 13.8 Å². The lowest BCUT2D eigenvalue weighted by Crippen LogP contribution is -2.27. The number of aryl methyl sites for hydroxylation is 1. The molecule has 0 unspecified atom stereocenters. The topological polar surface area (TPSA) is 86.3 Å². The van der Waals surface area contributed by atoms with Gasteiger partial charge in [0.25, 0.3) is 0 Å². The average molecular weight is 343 g/mol. The summed E-state index contributed by atoms with van der Waals surface area (Å²) in [6, 6.07) is 5.71. The number of likely N-dealkylation sites (tertiary alicyclic amines) is 1. The summed E-state index contributed by atoms with van der Waals surface area (Å²) in [4.78, 5) is 27.2. The van der Waals surface area contributed by atoms with E-state index < -0.39 is 5.92 Å². The van der Waals surface area contributed by atoms with Crippen molar-refractivity contribution in [2.45, 2.75) is 26.8 Å². The summed E-state index contributed by atoms with van der Waals surface area (Å²) in [5.41, 5.74) is 1.39. The lowest BCUT2D eigenvalue weighted by molar-refractivity contribution is -0.128. The Labute approximate surface area is 143 Å². The smallest absolute Gasteiger partial charge is 0.230 e. The van der Waals surface area contributed by atoms with E-state index >= 15 is 0 Å². The van der Waals surface area contributed by atoms with Gasteiger partial charge in [0, 0.05) is 17.8 Å². The largest absolute Gasteiger partial charge is 0.467 e. The van der Waals surface area contributed by atoms with Gasteiger partial charge in [-0.25, -0.2) is 0 Å². The molecule has 2 aromatic rings. The fourth-order valence-corrected chi connectivity index (χ4v) is 3.77. The summed E-state index contributed by atoms with van der Waals surface area (Å²) < 4.78 is 5.25. The first kappa shape index (κ1) is 16.3. The lowest BCUT2D eigenvalue weighted by atomic mass is 10.1. The molecule has 3 heterocycles. The molecule has 0 aromatic carbocycles. The Morgan fingerprint density at radius 3 is 3.00 bits per heavy atom. The highest BCUT2D eigenvalue weighted by Crippen LogP contribution is 2.32. The van der Waals surface area contributed by atoms with Gasteiger partial charge in [-0.05, 0) is 31.5 Å². The highest BCUT2D eigenvalue weighted by atomic mass is 32.1. The Morgan fingerprint density at radius 1 is 1.54 bits per heavy atom. The maximum atomic E-state index is 12.5. The molecule has 0 radical (unpaired) electrons. The van der Waals surface area contributed by atoms with E-state index in [4.69, 9.17) is 4.42 Å². The van der Waals surface area contributed by atoms with Gasteiger partial charge < -0.3 is 14.6 Å². The van der Waals surface area contributed by atoms with Crippen LogP contribution in [0.1, 0.15) is 28.2 Å². The van der Waals surface area contributed by atoms with Crippen LogP contribution in [-0.4, -0.2) is 23.3 Å². The predicted octanol–water partition coefficient (Wildman–Crippen LogP) is 2.82. The summed E-state index contributed by atoms with van der Waals surface area (Å²) in [6.07, 6.45) is 1.74. The highest BCUT2D eigenvalue weighted by Gasteiger charge is 2.35. The van der Waals surface area contributed by atoms with Crippen molar-refractivity contribution >= 4 is 28.2 Å². The van der Waals surface area contributed by atoms with Gasteiger partial charge >= 0.3 is 0 Å². The molecule has 2 amide bonds. The van der Waals surface area contributed by atoms with Gasteiger partial charge in [-0.15, -0.1) is 11.3 Å². The SMILES string of the molecule is Cc1sc(NC(=O)[C@@H]2CC(=O)N(Cc3ccco3)C2)c(C#N)c1C. The van der Waals surface area contributed by atoms with E-state index in [1.54, 1.807) is 23.3 Å². The van der Waals surface area contributed by atoms with Crippen molar-refractivity contribution in [3.63, 3.8) is 0 Å². The fourth-order valence-electron chi connectivity index (χ4n) is 2.75. The number of nitrogens with zero attached hydrogens (tertiary/aromatic N) is 2. The molecule has 0 spiro atoms. The second kappa shape index (κ2) is 6.49. The van der Waals surface area contributed by atoms with Crippen molar-refractivity contribution in [2.24, 2.45) is 5.92 Å². The number of anilines is 1. The predicted molar refractivity (Wildman–Crippen MR) is 89.4 cm³/mol. The van der Waals surface area contributed by atoms with Crippen molar-refractivity contribution in [1.82, 2.24) is 4.90 Å². The molecule has 24 heavy (non-hydrogen) atoms. The molecule has 1 atom stereocenters. The summed E-state index contributed by atoms with van der Waals surface area (Å²) in [5.74, 6) is -0.00367. The quantitative estimate of drug-likeness (QED) is 0.925. The summed E-state index contributed by atoms with van der Waals surface area (Å²) >= 11 is 1.39. The van der Waals surface area contributed by atoms with E-state index in [-0.39, 0.29) is 18.2 Å². The van der Waals surface area contributed by atoms with Crippen LogP contribution >= 0.6 is 11.3 Å². The molecule has 2 aromatic heterocycles. The van der Waals surface area contributed by atoms with Gasteiger partial charge in [0.15, 0.2) is 0 Å². The van der Waals surface area contributed by atoms with E-state index in [0.29, 0.717) is 29.4 Å². The first-order chi connectivity index (χ1) is 11.5. The van der Waals surface area contributed by atoms with Gasteiger partial charge in [0.2, 0.25) is 11.8 Å². The summed E-state index contributed by atoms with van der Waals surface area (Å²) in [5, 5.41) is 12.6. The standard InChI is InChI=1S/C17H17N3O3S/c1-10-11(2)24-17(14(10)7-18)19-16(22)12-6-15(21)20(8-12)9-13-4-3-5-23-13/h3-5,12H,6,8-9H2,1-2H3,(H,19,22)/t12-/m1/s1. The Bertz CT molecular complexity index is 817. The van der Waals surface area contributed by atoms with E-state index in [1.165, 1.54) is 11.3 Å². The zero-order chi connectivity index (χ0) is 17.3. The van der Waals surface area contributed by atoms with Gasteiger partial charge in [-0.2, -0.15) is 5.26 Å². The van der Waals surface area contributed by atoms with Crippen LogP contribution in [0.4, 0.5) is 5.00 Å². The van der Waals surface area contributed by atoms with Crippen LogP contribution in [0.25, 0.3) is 0 Å². The number of nitriles is 1. The summed E-state index contributed by atoms with van der Waals surface area (Å²) in [7, 11) is 0. The third-order valence-corrected chi connectivity index (χ3v) is 5.37. The van der Waals surface area contributed by atoms with Crippen molar-refractivity contribution in [3.8, 4) is 6.07 Å². The van der Waals surface area contributed by atoms with Gasteiger partial charge in [-0.1, -0.05) is 0 Å². The van der Waals surface area contributed by atoms with Crippen molar-refractivity contribution in [2.75, 3.05) is 11.9 Å². The first-order valence-electron chi connectivity index (χ1n) is 7.60. The Hall–Kier alpha value is -2.59. The molecule has 1 N–H and O–H groups in total.